The minimum Gasteiger partial charge on any atom is -0.369 e. The molecule has 0 aliphatic heterocycles. The van der Waals surface area contributed by atoms with Crippen LogP contribution in [0.15, 0.2) is 35.6 Å². The number of aromatic nitrogens is 2. The van der Waals surface area contributed by atoms with Crippen LogP contribution in [-0.4, -0.2) is 40.4 Å². The molecule has 1 aromatic carbocycles. The monoisotopic (exact) mass is 446 g/mol. The number of anilines is 1. The molecule has 31 heavy (non-hydrogen) atoms. The predicted molar refractivity (Wildman–Crippen MR) is 115 cm³/mol. The van der Waals surface area contributed by atoms with Gasteiger partial charge in [0, 0.05) is 19.1 Å². The lowest BCUT2D eigenvalue weighted by molar-refractivity contribution is -0.123. The number of nitrogens with two attached hydrogens (primary N) is 1. The van der Waals surface area contributed by atoms with E-state index in [1.54, 1.807) is 12.1 Å². The van der Waals surface area contributed by atoms with Gasteiger partial charge in [-0.05, 0) is 72.1 Å². The number of primary amides is 1. The molecule has 2 fully saturated rings. The lowest BCUT2D eigenvalue weighted by Crippen LogP contribution is -2.47. The van der Waals surface area contributed by atoms with Gasteiger partial charge in [-0.25, -0.2) is 9.37 Å². The van der Waals surface area contributed by atoms with Crippen LogP contribution in [0.3, 0.4) is 0 Å². The first-order chi connectivity index (χ1) is 14.9. The molecule has 4 rings (SSSR count). The van der Waals surface area contributed by atoms with Crippen molar-refractivity contribution >= 4 is 29.0 Å². The van der Waals surface area contributed by atoms with Crippen LogP contribution in [0.1, 0.15) is 18.4 Å². The summed E-state index contributed by atoms with van der Waals surface area (Å²) in [5, 5.41) is 6.03. The number of amides is 1. The van der Waals surface area contributed by atoms with Crippen molar-refractivity contribution in [1.82, 2.24) is 14.9 Å². The first-order valence-electron chi connectivity index (χ1n) is 10.2. The van der Waals surface area contributed by atoms with E-state index < -0.39 is 5.82 Å². The number of benzene rings is 1. The van der Waals surface area contributed by atoms with Gasteiger partial charge in [-0.15, -0.1) is 4.91 Å². The van der Waals surface area contributed by atoms with Gasteiger partial charge in [0.15, 0.2) is 11.6 Å². The van der Waals surface area contributed by atoms with Gasteiger partial charge in [0.05, 0.1) is 12.1 Å². The number of hydrogen-bond acceptors (Lipinski definition) is 7. The number of carbonyl (C=O) groups is 1. The second kappa shape index (κ2) is 8.84. The standard InChI is InChI=1S/C21H24ClFN6O2/c1-29(9-11-3-2-4-14(5-11)28-31)10-13-6-12-7-15(13)18(17(12)19(24)30)26-20-16(23)8-25-21(22)27-20/h2-5,8,12-13,15,17-18H,6-7,9-10H2,1H3,(H2,24,30)(H,25,26,27)/t12-,13-,15+,17-,18+/m0/s1. The molecule has 164 valence electrons. The smallest absolute Gasteiger partial charge is 0.224 e. The zero-order valence-corrected chi connectivity index (χ0v) is 17.8. The summed E-state index contributed by atoms with van der Waals surface area (Å²) in [5.74, 6) is -0.759. The lowest BCUT2D eigenvalue weighted by atomic mass is 9.77. The molecule has 2 aliphatic carbocycles. The van der Waals surface area contributed by atoms with E-state index in [-0.39, 0.29) is 40.8 Å². The molecule has 0 saturated heterocycles. The maximum Gasteiger partial charge on any atom is 0.224 e. The molecule has 3 N–H and O–H groups in total. The van der Waals surface area contributed by atoms with Gasteiger partial charge >= 0.3 is 0 Å². The largest absolute Gasteiger partial charge is 0.369 e. The van der Waals surface area contributed by atoms with E-state index in [0.717, 1.165) is 31.1 Å². The first-order valence-corrected chi connectivity index (χ1v) is 10.6. The van der Waals surface area contributed by atoms with E-state index in [1.807, 2.05) is 19.2 Å². The highest BCUT2D eigenvalue weighted by atomic mass is 35.5. The molecule has 1 aromatic heterocycles. The van der Waals surface area contributed by atoms with Crippen molar-refractivity contribution in [2.45, 2.75) is 25.4 Å². The van der Waals surface area contributed by atoms with E-state index in [0.29, 0.717) is 18.2 Å². The summed E-state index contributed by atoms with van der Waals surface area (Å²) in [7, 11) is 2.02. The highest BCUT2D eigenvalue weighted by Crippen LogP contribution is 2.53. The van der Waals surface area contributed by atoms with Gasteiger partial charge in [-0.2, -0.15) is 4.98 Å². The maximum absolute atomic E-state index is 14.2. The van der Waals surface area contributed by atoms with Crippen molar-refractivity contribution in [2.24, 2.45) is 34.6 Å². The zero-order valence-electron chi connectivity index (χ0n) is 17.0. The van der Waals surface area contributed by atoms with Crippen LogP contribution >= 0.6 is 11.6 Å². The third-order valence-corrected chi connectivity index (χ3v) is 6.69. The Bertz CT molecular complexity index is 992. The molecule has 8 nitrogen and oxygen atoms in total. The maximum atomic E-state index is 14.2. The second-order valence-corrected chi connectivity index (χ2v) is 8.89. The third-order valence-electron chi connectivity index (χ3n) is 6.50. The van der Waals surface area contributed by atoms with E-state index in [4.69, 9.17) is 17.3 Å². The molecule has 10 heteroatoms. The zero-order chi connectivity index (χ0) is 22.1. The average molecular weight is 447 g/mol. The molecule has 2 aromatic rings. The highest BCUT2D eigenvalue weighted by molar-refractivity contribution is 6.28. The van der Waals surface area contributed by atoms with Crippen molar-refractivity contribution in [1.29, 1.82) is 0 Å². The third kappa shape index (κ3) is 4.52. The van der Waals surface area contributed by atoms with Gasteiger partial charge in [0.1, 0.15) is 5.69 Å². The van der Waals surface area contributed by atoms with Crippen LogP contribution in [0.4, 0.5) is 15.9 Å². The van der Waals surface area contributed by atoms with Crippen LogP contribution in [-0.2, 0) is 11.3 Å². The molecular weight excluding hydrogens is 423 g/mol. The SMILES string of the molecule is CN(Cc1cccc(N=O)c1)C[C@@H]1C[C@H]2C[C@H]1[C@@H](Nc1nc(Cl)ncc1F)[C@H]2C(N)=O. The Morgan fingerprint density at radius 1 is 1.42 bits per heavy atom. The molecule has 5 atom stereocenters. The number of nitroso groups, excluding NO2 is 1. The summed E-state index contributed by atoms with van der Waals surface area (Å²) in [6, 6.07) is 6.92. The fourth-order valence-electron chi connectivity index (χ4n) is 5.40. The van der Waals surface area contributed by atoms with Crippen LogP contribution in [0.2, 0.25) is 5.28 Å². The molecule has 0 unspecified atom stereocenters. The van der Waals surface area contributed by atoms with Crippen LogP contribution in [0.25, 0.3) is 0 Å². The fourth-order valence-corrected chi connectivity index (χ4v) is 5.54. The summed E-state index contributed by atoms with van der Waals surface area (Å²) in [4.78, 5) is 32.7. The predicted octanol–water partition coefficient (Wildman–Crippen LogP) is 3.34. The van der Waals surface area contributed by atoms with Crippen molar-refractivity contribution in [3.63, 3.8) is 0 Å². The van der Waals surface area contributed by atoms with Gasteiger partial charge in [0.25, 0.3) is 0 Å². The Balaban J connectivity index is 1.47. The molecule has 1 amide bonds. The van der Waals surface area contributed by atoms with Crippen molar-refractivity contribution in [2.75, 3.05) is 18.9 Å². The fraction of sp³-hybridized carbons (Fsp3) is 0.476. The molecular formula is C21H24ClFN6O2. The van der Waals surface area contributed by atoms with Crippen molar-refractivity contribution < 1.29 is 9.18 Å². The molecule has 0 radical (unpaired) electrons. The Kier molecular flexibility index (Phi) is 6.15. The number of carbonyl (C=O) groups excluding carboxylic acids is 1. The van der Waals surface area contributed by atoms with Crippen LogP contribution < -0.4 is 11.1 Å². The summed E-state index contributed by atoms with van der Waals surface area (Å²) < 4.78 is 14.2. The molecule has 0 spiro atoms. The Morgan fingerprint density at radius 3 is 2.97 bits per heavy atom. The topological polar surface area (TPSA) is 114 Å². The van der Waals surface area contributed by atoms with E-state index in [1.165, 1.54) is 0 Å². The van der Waals surface area contributed by atoms with E-state index in [9.17, 15) is 14.1 Å². The minimum atomic E-state index is -0.618. The van der Waals surface area contributed by atoms with Gasteiger partial charge < -0.3 is 16.0 Å². The second-order valence-electron chi connectivity index (χ2n) is 8.55. The minimum absolute atomic E-state index is 0.00548. The number of hydrogen-bond donors (Lipinski definition) is 2. The lowest BCUT2D eigenvalue weighted by Gasteiger charge is -2.36. The first kappa shape index (κ1) is 21.6. The Labute approximate surface area is 184 Å². The molecule has 2 aliphatic rings. The Morgan fingerprint density at radius 2 is 2.23 bits per heavy atom. The number of nitrogens with one attached hydrogen (secondary N) is 1. The van der Waals surface area contributed by atoms with Gasteiger partial charge in [-0.1, -0.05) is 12.1 Å². The van der Waals surface area contributed by atoms with Crippen LogP contribution in [0, 0.1) is 34.4 Å². The molecule has 2 bridgehead atoms. The van der Waals surface area contributed by atoms with Gasteiger partial charge in [0.2, 0.25) is 11.2 Å². The molecule has 1 heterocycles. The molecule has 2 saturated carbocycles. The average Bonchev–Trinajstić information content (AvgIpc) is 3.28. The van der Waals surface area contributed by atoms with E-state index >= 15 is 0 Å². The van der Waals surface area contributed by atoms with Crippen molar-refractivity contribution in [3.05, 3.63) is 52.0 Å². The summed E-state index contributed by atoms with van der Waals surface area (Å²) in [5.41, 5.74) is 7.11. The number of rotatable bonds is 8. The van der Waals surface area contributed by atoms with E-state index in [2.05, 4.69) is 25.4 Å². The quantitative estimate of drug-likeness (QED) is 0.475. The normalized spacial score (nSPS) is 26.9. The Hall–Kier alpha value is -2.65. The van der Waals surface area contributed by atoms with Crippen LogP contribution in [0.5, 0.6) is 0 Å². The summed E-state index contributed by atoms with van der Waals surface area (Å²) in [6.07, 6.45) is 2.76. The highest BCUT2D eigenvalue weighted by Gasteiger charge is 2.55. The number of halogens is 2. The van der Waals surface area contributed by atoms with Crippen molar-refractivity contribution in [3.8, 4) is 0 Å². The van der Waals surface area contributed by atoms with Gasteiger partial charge in [-0.3, -0.25) is 4.79 Å². The number of nitrogens with zero attached hydrogens (tertiary/aromatic N) is 4. The summed E-state index contributed by atoms with van der Waals surface area (Å²) >= 11 is 5.82. The summed E-state index contributed by atoms with van der Waals surface area (Å²) in [6.45, 7) is 1.47. The number of fused-ring (bicyclic) bond motifs is 2.